The second kappa shape index (κ2) is 7.37. The number of fused-ring (bicyclic) bond motifs is 1. The molecule has 1 aliphatic heterocycles. The SMILES string of the molecule is Cn1cc2c(=O)n(C)c(N3CCC(Cn4cnc(C(C)(C)C)cc4=O)CC3)nc2n1. The van der Waals surface area contributed by atoms with E-state index in [1.807, 2.05) is 0 Å². The molecule has 4 heterocycles. The molecule has 160 valence electrons. The summed E-state index contributed by atoms with van der Waals surface area (Å²) in [6.07, 6.45) is 5.22. The molecule has 0 spiro atoms. The summed E-state index contributed by atoms with van der Waals surface area (Å²) in [7, 11) is 3.54. The normalized spacial score (nSPS) is 15.8. The summed E-state index contributed by atoms with van der Waals surface area (Å²) >= 11 is 0. The zero-order chi connectivity index (χ0) is 21.6. The fraction of sp³-hybridized carbons (Fsp3) is 0.571. The standard InChI is InChI=1S/C21H29N7O2/c1-21(2,3)16-10-17(29)28(13-22-16)11-14-6-8-27(9-7-14)20-23-18-15(12-25(4)24-18)19(30)26(20)5/h10,12-14H,6-9,11H2,1-5H3. The minimum Gasteiger partial charge on any atom is -0.342 e. The highest BCUT2D eigenvalue weighted by atomic mass is 16.1. The summed E-state index contributed by atoms with van der Waals surface area (Å²) in [5, 5.41) is 4.83. The van der Waals surface area contributed by atoms with E-state index in [-0.39, 0.29) is 16.5 Å². The summed E-state index contributed by atoms with van der Waals surface area (Å²) in [6.45, 7) is 8.39. The second-order valence-electron chi connectivity index (χ2n) is 9.26. The third-order valence-electron chi connectivity index (χ3n) is 5.85. The van der Waals surface area contributed by atoms with Crippen LogP contribution in [0.2, 0.25) is 0 Å². The number of nitrogens with zero attached hydrogens (tertiary/aromatic N) is 7. The van der Waals surface area contributed by atoms with Gasteiger partial charge in [-0.1, -0.05) is 20.8 Å². The molecule has 1 aliphatic rings. The third-order valence-corrected chi connectivity index (χ3v) is 5.85. The highest BCUT2D eigenvalue weighted by Gasteiger charge is 2.24. The van der Waals surface area contributed by atoms with Gasteiger partial charge in [0.1, 0.15) is 5.39 Å². The number of hydrogen-bond donors (Lipinski definition) is 0. The molecule has 0 bridgehead atoms. The van der Waals surface area contributed by atoms with Crippen molar-refractivity contribution < 1.29 is 0 Å². The molecule has 0 atom stereocenters. The van der Waals surface area contributed by atoms with Gasteiger partial charge in [0.05, 0.1) is 12.0 Å². The van der Waals surface area contributed by atoms with Gasteiger partial charge in [0.15, 0.2) is 5.65 Å². The lowest BCUT2D eigenvalue weighted by atomic mass is 9.92. The van der Waals surface area contributed by atoms with Gasteiger partial charge in [-0.15, -0.1) is 0 Å². The van der Waals surface area contributed by atoms with Crippen molar-refractivity contribution in [3.8, 4) is 0 Å². The van der Waals surface area contributed by atoms with Crippen LogP contribution in [0.25, 0.3) is 11.0 Å². The second-order valence-corrected chi connectivity index (χ2v) is 9.26. The van der Waals surface area contributed by atoms with Gasteiger partial charge < -0.3 is 4.90 Å². The van der Waals surface area contributed by atoms with E-state index in [0.717, 1.165) is 31.6 Å². The topological polar surface area (TPSA) is 90.8 Å². The molecule has 1 saturated heterocycles. The van der Waals surface area contributed by atoms with Crippen molar-refractivity contribution in [1.29, 1.82) is 0 Å². The Bertz CT molecular complexity index is 1190. The van der Waals surface area contributed by atoms with Gasteiger partial charge in [0.2, 0.25) is 5.95 Å². The zero-order valence-electron chi connectivity index (χ0n) is 18.3. The first-order chi connectivity index (χ1) is 14.1. The lowest BCUT2D eigenvalue weighted by Gasteiger charge is -2.33. The Morgan fingerprint density at radius 2 is 1.83 bits per heavy atom. The Balaban J connectivity index is 1.47. The van der Waals surface area contributed by atoms with E-state index >= 15 is 0 Å². The van der Waals surface area contributed by atoms with Crippen molar-refractivity contribution in [2.24, 2.45) is 20.0 Å². The molecule has 0 radical (unpaired) electrons. The van der Waals surface area contributed by atoms with Crippen molar-refractivity contribution in [3.63, 3.8) is 0 Å². The minimum absolute atomic E-state index is 0.00187. The summed E-state index contributed by atoms with van der Waals surface area (Å²) in [4.78, 5) is 36.4. The Morgan fingerprint density at radius 1 is 1.13 bits per heavy atom. The largest absolute Gasteiger partial charge is 0.342 e. The molecule has 0 saturated carbocycles. The van der Waals surface area contributed by atoms with Crippen LogP contribution in [0.4, 0.5) is 5.95 Å². The summed E-state index contributed by atoms with van der Waals surface area (Å²) in [5.74, 6) is 1.04. The van der Waals surface area contributed by atoms with Crippen molar-refractivity contribution in [2.45, 2.75) is 45.6 Å². The van der Waals surface area contributed by atoms with Crippen LogP contribution in [0.1, 0.15) is 39.3 Å². The number of piperidine rings is 1. The number of anilines is 1. The Labute approximate surface area is 175 Å². The molecule has 3 aromatic rings. The third kappa shape index (κ3) is 3.76. The van der Waals surface area contributed by atoms with E-state index in [2.05, 4.69) is 40.7 Å². The van der Waals surface area contributed by atoms with Gasteiger partial charge >= 0.3 is 0 Å². The van der Waals surface area contributed by atoms with Crippen LogP contribution in [0.3, 0.4) is 0 Å². The molecule has 1 fully saturated rings. The first-order valence-electron chi connectivity index (χ1n) is 10.4. The summed E-state index contributed by atoms with van der Waals surface area (Å²) in [5.41, 5.74) is 1.08. The van der Waals surface area contributed by atoms with Crippen LogP contribution in [-0.4, -0.2) is 42.0 Å². The summed E-state index contributed by atoms with van der Waals surface area (Å²) < 4.78 is 4.93. The smallest absolute Gasteiger partial charge is 0.265 e. The van der Waals surface area contributed by atoms with E-state index in [0.29, 0.717) is 29.4 Å². The molecule has 0 aliphatic carbocycles. The molecule has 0 aromatic carbocycles. The Hall–Kier alpha value is -2.97. The zero-order valence-corrected chi connectivity index (χ0v) is 18.3. The van der Waals surface area contributed by atoms with Gasteiger partial charge in [0, 0.05) is 51.4 Å². The van der Waals surface area contributed by atoms with Crippen LogP contribution in [0.5, 0.6) is 0 Å². The van der Waals surface area contributed by atoms with E-state index in [4.69, 9.17) is 0 Å². The lowest BCUT2D eigenvalue weighted by Crippen LogP contribution is -2.39. The van der Waals surface area contributed by atoms with Gasteiger partial charge in [0.25, 0.3) is 11.1 Å². The molecule has 3 aromatic heterocycles. The van der Waals surface area contributed by atoms with Gasteiger partial charge in [-0.05, 0) is 18.8 Å². The fourth-order valence-corrected chi connectivity index (χ4v) is 4.00. The number of aryl methyl sites for hydroxylation is 1. The Morgan fingerprint density at radius 3 is 2.47 bits per heavy atom. The van der Waals surface area contributed by atoms with Gasteiger partial charge in [-0.3, -0.25) is 23.4 Å². The molecule has 30 heavy (non-hydrogen) atoms. The predicted molar refractivity (Wildman–Crippen MR) is 116 cm³/mol. The molecular formula is C21H29N7O2. The quantitative estimate of drug-likeness (QED) is 0.648. The van der Waals surface area contributed by atoms with E-state index in [1.165, 1.54) is 0 Å². The number of rotatable bonds is 3. The van der Waals surface area contributed by atoms with Crippen LogP contribution in [0, 0.1) is 5.92 Å². The van der Waals surface area contributed by atoms with Crippen LogP contribution in [0.15, 0.2) is 28.2 Å². The monoisotopic (exact) mass is 411 g/mol. The van der Waals surface area contributed by atoms with E-state index in [9.17, 15) is 9.59 Å². The maximum atomic E-state index is 12.6. The van der Waals surface area contributed by atoms with Crippen LogP contribution >= 0.6 is 0 Å². The molecular weight excluding hydrogens is 382 g/mol. The van der Waals surface area contributed by atoms with Gasteiger partial charge in [-0.2, -0.15) is 10.1 Å². The molecule has 0 unspecified atom stereocenters. The summed E-state index contributed by atoms with van der Waals surface area (Å²) in [6, 6.07) is 1.65. The van der Waals surface area contributed by atoms with Crippen LogP contribution in [-0.2, 0) is 26.1 Å². The van der Waals surface area contributed by atoms with E-state index < -0.39 is 0 Å². The van der Waals surface area contributed by atoms with Crippen molar-refractivity contribution in [2.75, 3.05) is 18.0 Å². The van der Waals surface area contributed by atoms with Crippen molar-refractivity contribution >= 4 is 17.0 Å². The van der Waals surface area contributed by atoms with Crippen molar-refractivity contribution in [1.82, 2.24) is 28.9 Å². The first-order valence-corrected chi connectivity index (χ1v) is 10.4. The molecule has 0 amide bonds. The molecule has 4 rings (SSSR count). The van der Waals surface area contributed by atoms with Gasteiger partial charge in [-0.25, -0.2) is 4.98 Å². The number of hydrogen-bond acceptors (Lipinski definition) is 6. The highest BCUT2D eigenvalue weighted by molar-refractivity contribution is 5.74. The maximum Gasteiger partial charge on any atom is 0.265 e. The molecule has 9 heteroatoms. The molecule has 9 nitrogen and oxygen atoms in total. The minimum atomic E-state index is -0.138. The predicted octanol–water partition coefficient (Wildman–Crippen LogP) is 1.44. The fourth-order valence-electron chi connectivity index (χ4n) is 4.00. The average Bonchev–Trinajstić information content (AvgIpc) is 3.07. The lowest BCUT2D eigenvalue weighted by molar-refractivity contribution is 0.347. The van der Waals surface area contributed by atoms with E-state index in [1.54, 1.807) is 46.5 Å². The number of aromatic nitrogens is 6. The highest BCUT2D eigenvalue weighted by Crippen LogP contribution is 2.23. The Kier molecular flexibility index (Phi) is 4.99. The molecule has 0 N–H and O–H groups in total. The van der Waals surface area contributed by atoms with Crippen LogP contribution < -0.4 is 16.0 Å². The maximum absolute atomic E-state index is 12.6. The average molecular weight is 412 g/mol. The first kappa shape index (κ1) is 20.3. The van der Waals surface area contributed by atoms with Crippen molar-refractivity contribution in [3.05, 3.63) is 45.0 Å².